The van der Waals surface area contributed by atoms with Crippen LogP contribution in [0.25, 0.3) is 0 Å². The van der Waals surface area contributed by atoms with Crippen LogP contribution in [0.15, 0.2) is 42.5 Å². The topological polar surface area (TPSA) is 41.9 Å². The van der Waals surface area contributed by atoms with Gasteiger partial charge in [-0.15, -0.1) is 0 Å². The van der Waals surface area contributed by atoms with Gasteiger partial charge in [-0.2, -0.15) is 0 Å². The minimum absolute atomic E-state index is 0.0252. The number of rotatable bonds is 5. The first-order valence-corrected chi connectivity index (χ1v) is 9.50. The molecule has 0 amide bonds. The molecular weight excluding hydrogens is 326 g/mol. The Balaban J connectivity index is 1.65. The third-order valence-electron chi connectivity index (χ3n) is 5.65. The Labute approximate surface area is 155 Å². The van der Waals surface area contributed by atoms with E-state index in [2.05, 4.69) is 29.2 Å². The van der Waals surface area contributed by atoms with Crippen LogP contribution in [0.1, 0.15) is 34.7 Å². The summed E-state index contributed by atoms with van der Waals surface area (Å²) in [5.41, 5.74) is 5.31. The van der Waals surface area contributed by atoms with E-state index in [-0.39, 0.29) is 18.8 Å². The summed E-state index contributed by atoms with van der Waals surface area (Å²) in [6.07, 6.45) is 3.35. The van der Waals surface area contributed by atoms with Crippen LogP contribution < -0.4 is 4.74 Å². The van der Waals surface area contributed by atoms with Gasteiger partial charge in [-0.1, -0.05) is 36.4 Å². The molecule has 1 heterocycles. The maximum atomic E-state index is 9.86. The summed E-state index contributed by atoms with van der Waals surface area (Å²) in [4.78, 5) is 2.42. The average molecular weight is 353 g/mol. The van der Waals surface area contributed by atoms with E-state index in [1.165, 1.54) is 28.7 Å². The molecule has 0 aromatic heterocycles. The normalized spacial score (nSPS) is 23.0. The molecule has 4 nitrogen and oxygen atoms in total. The fourth-order valence-corrected chi connectivity index (χ4v) is 4.38. The van der Waals surface area contributed by atoms with Gasteiger partial charge in [0.05, 0.1) is 26.4 Å². The molecule has 1 aliphatic carbocycles. The summed E-state index contributed by atoms with van der Waals surface area (Å²) >= 11 is 0. The summed E-state index contributed by atoms with van der Waals surface area (Å²) in [7, 11) is 1.75. The van der Waals surface area contributed by atoms with Gasteiger partial charge in [0, 0.05) is 18.7 Å². The number of aliphatic hydroxyl groups is 1. The van der Waals surface area contributed by atoms with Crippen molar-refractivity contribution in [2.24, 2.45) is 0 Å². The van der Waals surface area contributed by atoms with Crippen LogP contribution in [0.2, 0.25) is 0 Å². The molecule has 26 heavy (non-hydrogen) atoms. The van der Waals surface area contributed by atoms with Gasteiger partial charge in [-0.05, 0) is 42.0 Å². The maximum absolute atomic E-state index is 9.86. The fraction of sp³-hybridized carbons (Fsp3) is 0.455. The van der Waals surface area contributed by atoms with Crippen molar-refractivity contribution in [1.82, 2.24) is 4.90 Å². The summed E-state index contributed by atoms with van der Waals surface area (Å²) in [5.74, 6) is 0.976. The second-order valence-electron chi connectivity index (χ2n) is 7.20. The molecule has 4 heteroatoms. The van der Waals surface area contributed by atoms with Gasteiger partial charge in [0.15, 0.2) is 0 Å². The van der Waals surface area contributed by atoms with E-state index in [1.807, 2.05) is 18.2 Å². The minimum Gasteiger partial charge on any atom is -0.496 e. The third kappa shape index (κ3) is 3.37. The van der Waals surface area contributed by atoms with E-state index < -0.39 is 0 Å². The van der Waals surface area contributed by atoms with Crippen molar-refractivity contribution in [3.05, 3.63) is 64.7 Å². The number of methoxy groups -OCH3 is 1. The number of benzene rings is 2. The van der Waals surface area contributed by atoms with Gasteiger partial charge in [0.1, 0.15) is 11.9 Å². The van der Waals surface area contributed by atoms with Crippen LogP contribution in [0.4, 0.5) is 0 Å². The van der Waals surface area contributed by atoms with Gasteiger partial charge in [-0.25, -0.2) is 0 Å². The van der Waals surface area contributed by atoms with Crippen molar-refractivity contribution in [3.63, 3.8) is 0 Å². The molecule has 1 fully saturated rings. The van der Waals surface area contributed by atoms with Crippen molar-refractivity contribution < 1.29 is 14.6 Å². The van der Waals surface area contributed by atoms with Crippen LogP contribution in [-0.4, -0.2) is 43.0 Å². The summed E-state index contributed by atoms with van der Waals surface area (Å²) in [6.45, 7) is 2.31. The van der Waals surface area contributed by atoms with Gasteiger partial charge < -0.3 is 14.6 Å². The highest BCUT2D eigenvalue weighted by molar-refractivity contribution is 5.45. The lowest BCUT2D eigenvalue weighted by molar-refractivity contribution is -0.0961. The van der Waals surface area contributed by atoms with Crippen LogP contribution in [0.3, 0.4) is 0 Å². The molecular formula is C22H27NO3. The van der Waals surface area contributed by atoms with Crippen molar-refractivity contribution in [2.75, 3.05) is 26.9 Å². The molecule has 4 rings (SSSR count). The van der Waals surface area contributed by atoms with Crippen LogP contribution in [0.5, 0.6) is 5.75 Å². The third-order valence-corrected chi connectivity index (χ3v) is 5.65. The zero-order valence-electron chi connectivity index (χ0n) is 15.4. The lowest BCUT2D eigenvalue weighted by Gasteiger charge is -2.41. The Morgan fingerprint density at radius 1 is 1.15 bits per heavy atom. The lowest BCUT2D eigenvalue weighted by atomic mass is 9.97. The molecule has 1 N–H and O–H groups in total. The SMILES string of the molecule is COc1cc2c(cc1CN1CCO[C@H](CO)[C@H]1c1ccccc1)CCC2. The number of hydrogen-bond donors (Lipinski definition) is 1. The Morgan fingerprint density at radius 2 is 1.92 bits per heavy atom. The average Bonchev–Trinajstić information content (AvgIpc) is 3.15. The monoisotopic (exact) mass is 353 g/mol. The highest BCUT2D eigenvalue weighted by Gasteiger charge is 2.33. The van der Waals surface area contributed by atoms with Crippen LogP contribution >= 0.6 is 0 Å². The molecule has 0 bridgehead atoms. The Hall–Kier alpha value is -1.88. The lowest BCUT2D eigenvalue weighted by Crippen LogP contribution is -2.46. The number of nitrogens with zero attached hydrogens (tertiary/aromatic N) is 1. The maximum Gasteiger partial charge on any atom is 0.123 e. The summed E-state index contributed by atoms with van der Waals surface area (Å²) in [5, 5.41) is 9.86. The molecule has 0 saturated carbocycles. The summed E-state index contributed by atoms with van der Waals surface area (Å²) in [6, 6.07) is 15.0. The number of ether oxygens (including phenoxy) is 2. The molecule has 1 saturated heterocycles. The number of fused-ring (bicyclic) bond motifs is 1. The first-order valence-electron chi connectivity index (χ1n) is 9.50. The minimum atomic E-state index is -0.202. The number of morpholine rings is 1. The Kier molecular flexibility index (Phi) is 5.25. The first kappa shape index (κ1) is 17.5. The molecule has 138 valence electrons. The quantitative estimate of drug-likeness (QED) is 0.897. The fourth-order valence-electron chi connectivity index (χ4n) is 4.38. The van der Waals surface area contributed by atoms with E-state index in [4.69, 9.17) is 9.47 Å². The van der Waals surface area contributed by atoms with Crippen LogP contribution in [0, 0.1) is 0 Å². The van der Waals surface area contributed by atoms with E-state index in [0.717, 1.165) is 31.7 Å². The number of hydrogen-bond acceptors (Lipinski definition) is 4. The van der Waals surface area contributed by atoms with Crippen molar-refractivity contribution in [1.29, 1.82) is 0 Å². The van der Waals surface area contributed by atoms with Gasteiger partial charge in [0.25, 0.3) is 0 Å². The van der Waals surface area contributed by atoms with Crippen molar-refractivity contribution >= 4 is 0 Å². The van der Waals surface area contributed by atoms with Crippen molar-refractivity contribution in [2.45, 2.75) is 38.0 Å². The molecule has 1 aliphatic heterocycles. The molecule has 2 atom stereocenters. The second kappa shape index (κ2) is 7.78. The van der Waals surface area contributed by atoms with E-state index >= 15 is 0 Å². The molecule has 2 aromatic rings. The largest absolute Gasteiger partial charge is 0.496 e. The highest BCUT2D eigenvalue weighted by Crippen LogP contribution is 2.35. The molecule has 0 spiro atoms. The number of aryl methyl sites for hydroxylation is 2. The Bertz CT molecular complexity index is 747. The number of aliphatic hydroxyl groups excluding tert-OH is 1. The summed E-state index contributed by atoms with van der Waals surface area (Å²) < 4.78 is 11.6. The van der Waals surface area contributed by atoms with E-state index in [9.17, 15) is 5.11 Å². The highest BCUT2D eigenvalue weighted by atomic mass is 16.5. The van der Waals surface area contributed by atoms with Crippen molar-refractivity contribution in [3.8, 4) is 5.75 Å². The molecule has 0 radical (unpaired) electrons. The predicted molar refractivity (Wildman–Crippen MR) is 101 cm³/mol. The second-order valence-corrected chi connectivity index (χ2v) is 7.20. The Morgan fingerprint density at radius 3 is 2.65 bits per heavy atom. The van der Waals surface area contributed by atoms with Gasteiger partial charge >= 0.3 is 0 Å². The zero-order valence-corrected chi connectivity index (χ0v) is 15.4. The predicted octanol–water partition coefficient (Wildman–Crippen LogP) is 3.12. The van der Waals surface area contributed by atoms with E-state index in [0.29, 0.717) is 6.61 Å². The molecule has 0 unspecified atom stereocenters. The van der Waals surface area contributed by atoms with Gasteiger partial charge in [-0.3, -0.25) is 4.90 Å². The molecule has 2 aromatic carbocycles. The zero-order chi connectivity index (χ0) is 17.9. The smallest absolute Gasteiger partial charge is 0.123 e. The van der Waals surface area contributed by atoms with Crippen LogP contribution in [-0.2, 0) is 24.1 Å². The standard InChI is InChI=1S/C22H27NO3/c1-25-20-13-18-9-5-8-17(18)12-19(20)14-23-10-11-26-21(15-24)22(23)16-6-3-2-4-7-16/h2-4,6-7,12-13,21-22,24H,5,8-11,14-15H2,1H3/t21-,22-/m1/s1. The van der Waals surface area contributed by atoms with Gasteiger partial charge in [0.2, 0.25) is 0 Å². The molecule has 2 aliphatic rings. The first-order chi connectivity index (χ1) is 12.8. The van der Waals surface area contributed by atoms with E-state index in [1.54, 1.807) is 7.11 Å².